The van der Waals surface area contributed by atoms with Crippen molar-refractivity contribution < 1.29 is 29.0 Å². The Morgan fingerprint density at radius 3 is 2.59 bits per heavy atom. The quantitative estimate of drug-likeness (QED) is 0.364. The highest BCUT2D eigenvalue weighted by Crippen LogP contribution is 2.36. The van der Waals surface area contributed by atoms with E-state index in [9.17, 15) is 19.5 Å². The van der Waals surface area contributed by atoms with Gasteiger partial charge in [-0.05, 0) is 52.7 Å². The number of fused-ring (bicyclic) bond motifs is 2. The Kier molecular flexibility index (Phi) is 8.40. The van der Waals surface area contributed by atoms with E-state index in [0.717, 1.165) is 49.0 Å². The fraction of sp³-hybridized carbons (Fsp3) is 0.448. The first kappa shape index (κ1) is 29.1. The van der Waals surface area contributed by atoms with E-state index in [1.54, 1.807) is 6.07 Å². The second kappa shape index (κ2) is 11.8. The summed E-state index contributed by atoms with van der Waals surface area (Å²) < 4.78 is 16.0. The number of piperazine rings is 1. The number of benzene rings is 2. The number of carboxylic acids is 1. The highest BCUT2D eigenvalue weighted by Gasteiger charge is 2.40. The van der Waals surface area contributed by atoms with E-state index in [0.29, 0.717) is 22.7 Å². The molecule has 1 N–H and O–H groups in total. The summed E-state index contributed by atoms with van der Waals surface area (Å²) in [5.41, 5.74) is 1.52. The second-order valence-electron chi connectivity index (χ2n) is 11.5. The lowest BCUT2D eigenvalue weighted by Gasteiger charge is -2.35. The number of anilines is 2. The Morgan fingerprint density at radius 2 is 1.88 bits per heavy atom. The van der Waals surface area contributed by atoms with Crippen molar-refractivity contribution in [2.75, 3.05) is 49.1 Å². The summed E-state index contributed by atoms with van der Waals surface area (Å²) in [6, 6.07) is 11.7. The summed E-state index contributed by atoms with van der Waals surface area (Å²) in [7, 11) is 0. The maximum atomic E-state index is 12.9. The summed E-state index contributed by atoms with van der Waals surface area (Å²) in [5.74, 6) is -0.925. The van der Waals surface area contributed by atoms with Crippen molar-refractivity contribution in [2.24, 2.45) is 5.41 Å². The van der Waals surface area contributed by atoms with Gasteiger partial charge in [-0.3, -0.25) is 14.6 Å². The fourth-order valence-electron chi connectivity index (χ4n) is 5.03. The molecule has 0 radical (unpaired) electrons. The number of rotatable bonds is 8. The Bertz CT molecular complexity index is 1460. The predicted octanol–water partition coefficient (Wildman–Crippen LogP) is 4.81. The topological polar surface area (TPSA) is 113 Å². The van der Waals surface area contributed by atoms with Crippen molar-refractivity contribution in [2.45, 2.75) is 39.8 Å². The maximum Gasteiger partial charge on any atom is 0.510 e. The zero-order valence-corrected chi connectivity index (χ0v) is 24.8. The molecule has 218 valence electrons. The van der Waals surface area contributed by atoms with E-state index in [4.69, 9.17) is 21.1 Å². The number of ether oxygens (including phenoxy) is 2. The molecule has 12 heteroatoms. The van der Waals surface area contributed by atoms with Gasteiger partial charge in [0.1, 0.15) is 5.82 Å². The summed E-state index contributed by atoms with van der Waals surface area (Å²) in [6.45, 7) is 9.95. The fourth-order valence-corrected chi connectivity index (χ4v) is 6.08. The Balaban J connectivity index is 1.21. The number of aromatic nitrogens is 1. The standard InChI is InChI=1S/C29H33ClN4O6S/c1-29(2,3)17-39-28(38)40-26(27(36)37)34-22-16-21(30)18(14-19(22)15-24(34)35)8-9-32-10-12-33(13-11-32)25-20-6-4-5-7-23(20)41-31-25/h4-7,14,16,26H,8-13,15,17H2,1-3H3,(H,36,37). The third-order valence-corrected chi connectivity index (χ3v) is 8.29. The van der Waals surface area contributed by atoms with Crippen molar-refractivity contribution in [3.8, 4) is 0 Å². The summed E-state index contributed by atoms with van der Waals surface area (Å²) >= 11 is 8.15. The smallest absolute Gasteiger partial charge is 0.477 e. The van der Waals surface area contributed by atoms with Gasteiger partial charge in [0.15, 0.2) is 0 Å². The largest absolute Gasteiger partial charge is 0.510 e. The maximum absolute atomic E-state index is 12.9. The molecule has 1 saturated heterocycles. The van der Waals surface area contributed by atoms with E-state index < -0.39 is 24.3 Å². The summed E-state index contributed by atoms with van der Waals surface area (Å²) in [5, 5.41) is 11.4. The molecule has 1 unspecified atom stereocenters. The molecule has 1 aromatic heterocycles. The minimum Gasteiger partial charge on any atom is -0.477 e. The molecule has 41 heavy (non-hydrogen) atoms. The van der Waals surface area contributed by atoms with Crippen molar-refractivity contribution >= 4 is 62.8 Å². The van der Waals surface area contributed by atoms with Crippen LogP contribution in [0.2, 0.25) is 5.02 Å². The number of nitrogens with zero attached hydrogens (tertiary/aromatic N) is 4. The minimum absolute atomic E-state index is 0.00997. The third kappa shape index (κ3) is 6.58. The normalized spacial score (nSPS) is 16.6. The van der Waals surface area contributed by atoms with Gasteiger partial charge in [-0.15, -0.1) is 0 Å². The van der Waals surface area contributed by atoms with Gasteiger partial charge in [0, 0.05) is 43.1 Å². The van der Waals surface area contributed by atoms with E-state index in [2.05, 4.69) is 26.3 Å². The molecule has 0 bridgehead atoms. The average Bonchev–Trinajstić information content (AvgIpc) is 3.49. The molecular formula is C29H33ClN4O6S. The first-order valence-electron chi connectivity index (χ1n) is 13.5. The molecule has 0 spiro atoms. The number of aliphatic carboxylic acids is 1. The van der Waals surface area contributed by atoms with E-state index in [-0.39, 0.29) is 18.4 Å². The highest BCUT2D eigenvalue weighted by atomic mass is 35.5. The van der Waals surface area contributed by atoms with Crippen LogP contribution in [0.5, 0.6) is 0 Å². The van der Waals surface area contributed by atoms with Crippen LogP contribution in [0.25, 0.3) is 10.1 Å². The molecule has 1 amide bonds. The Morgan fingerprint density at radius 1 is 1.15 bits per heavy atom. The summed E-state index contributed by atoms with van der Waals surface area (Å²) in [6.07, 6.45) is -2.34. The van der Waals surface area contributed by atoms with Gasteiger partial charge < -0.3 is 19.5 Å². The van der Waals surface area contributed by atoms with Gasteiger partial charge in [0.2, 0.25) is 5.91 Å². The molecule has 1 atom stereocenters. The van der Waals surface area contributed by atoms with Gasteiger partial charge in [0.25, 0.3) is 6.23 Å². The molecule has 1 fully saturated rings. The molecular weight excluding hydrogens is 568 g/mol. The lowest BCUT2D eigenvalue weighted by atomic mass is 9.99. The molecule has 3 aromatic rings. The van der Waals surface area contributed by atoms with Gasteiger partial charge in [-0.1, -0.05) is 50.6 Å². The number of amides is 1. The van der Waals surface area contributed by atoms with Gasteiger partial charge in [0.05, 0.1) is 23.4 Å². The molecule has 2 aliphatic rings. The SMILES string of the molecule is CC(C)(C)COC(=O)OC(C(=O)O)N1C(=O)Cc2cc(CCN3CCN(c4nsc5ccccc45)CC3)c(Cl)cc21. The number of carbonyl (C=O) groups is 3. The number of hydrogen-bond donors (Lipinski definition) is 1. The van der Waals surface area contributed by atoms with Crippen LogP contribution in [-0.4, -0.2) is 78.0 Å². The van der Waals surface area contributed by atoms with Crippen LogP contribution in [-0.2, 0) is 31.9 Å². The molecule has 2 aliphatic heterocycles. The van der Waals surface area contributed by atoms with Crippen LogP contribution >= 0.6 is 23.1 Å². The number of carbonyl (C=O) groups excluding carboxylic acids is 2. The number of halogens is 1. The third-order valence-electron chi connectivity index (χ3n) is 7.12. The van der Waals surface area contributed by atoms with Gasteiger partial charge in [-0.25, -0.2) is 9.59 Å². The second-order valence-corrected chi connectivity index (χ2v) is 12.7. The highest BCUT2D eigenvalue weighted by molar-refractivity contribution is 7.13. The van der Waals surface area contributed by atoms with Crippen LogP contribution in [0.3, 0.4) is 0 Å². The van der Waals surface area contributed by atoms with Crippen molar-refractivity contribution in [1.82, 2.24) is 9.27 Å². The monoisotopic (exact) mass is 600 g/mol. The van der Waals surface area contributed by atoms with E-state index in [1.165, 1.54) is 21.6 Å². The zero-order chi connectivity index (χ0) is 29.3. The zero-order valence-electron chi connectivity index (χ0n) is 23.3. The Labute approximate surface area is 247 Å². The first-order valence-corrected chi connectivity index (χ1v) is 14.7. The van der Waals surface area contributed by atoms with Crippen LogP contribution in [0.15, 0.2) is 36.4 Å². The van der Waals surface area contributed by atoms with Crippen molar-refractivity contribution in [3.63, 3.8) is 0 Å². The molecule has 2 aromatic carbocycles. The molecule has 0 aliphatic carbocycles. The van der Waals surface area contributed by atoms with E-state index >= 15 is 0 Å². The number of hydrogen-bond acceptors (Lipinski definition) is 9. The van der Waals surface area contributed by atoms with Gasteiger partial charge >= 0.3 is 12.1 Å². The van der Waals surface area contributed by atoms with Crippen LogP contribution < -0.4 is 9.80 Å². The van der Waals surface area contributed by atoms with Crippen molar-refractivity contribution in [1.29, 1.82) is 0 Å². The minimum atomic E-state index is -1.86. The predicted molar refractivity (Wildman–Crippen MR) is 158 cm³/mol. The molecule has 10 nitrogen and oxygen atoms in total. The lowest BCUT2D eigenvalue weighted by molar-refractivity contribution is -0.150. The summed E-state index contributed by atoms with van der Waals surface area (Å²) in [4.78, 5) is 42.8. The van der Waals surface area contributed by atoms with Crippen LogP contribution in [0, 0.1) is 5.41 Å². The van der Waals surface area contributed by atoms with Crippen LogP contribution in [0.1, 0.15) is 31.9 Å². The lowest BCUT2D eigenvalue weighted by Crippen LogP contribution is -2.47. The van der Waals surface area contributed by atoms with Crippen molar-refractivity contribution in [3.05, 3.63) is 52.5 Å². The number of carboxylic acid groups (broad SMARTS) is 1. The Hall–Kier alpha value is -3.41. The molecule has 5 rings (SSSR count). The molecule has 3 heterocycles. The average molecular weight is 601 g/mol. The van der Waals surface area contributed by atoms with Gasteiger partial charge in [-0.2, -0.15) is 4.37 Å². The first-order chi connectivity index (χ1) is 19.5. The van der Waals surface area contributed by atoms with E-state index in [1.807, 2.05) is 39.0 Å². The van der Waals surface area contributed by atoms with Crippen LogP contribution in [0.4, 0.5) is 16.3 Å². The molecule has 0 saturated carbocycles.